The minimum absolute atomic E-state index is 0.124. The Morgan fingerprint density at radius 1 is 1.47 bits per heavy atom. The molecule has 2 aromatic rings. The van der Waals surface area contributed by atoms with Gasteiger partial charge in [0.2, 0.25) is 5.82 Å². The molecule has 17 heavy (non-hydrogen) atoms. The van der Waals surface area contributed by atoms with Gasteiger partial charge in [0.1, 0.15) is 0 Å². The molecule has 1 aromatic carbocycles. The van der Waals surface area contributed by atoms with Gasteiger partial charge in [0, 0.05) is 5.56 Å². The average Bonchev–Trinajstić information content (AvgIpc) is 2.96. The molecule has 2 N–H and O–H groups in total. The molecule has 6 heteroatoms. The highest BCUT2D eigenvalue weighted by molar-refractivity contribution is 5.75. The minimum Gasteiger partial charge on any atom is -0.481 e. The second kappa shape index (κ2) is 3.65. The molecule has 0 amide bonds. The largest absolute Gasteiger partial charge is 0.481 e. The third-order valence-electron chi connectivity index (χ3n) is 3.03. The van der Waals surface area contributed by atoms with Gasteiger partial charge in [0.05, 0.1) is 5.92 Å². The molecular weight excluding hydrogens is 220 g/mol. The number of aromatic amines is 1. The van der Waals surface area contributed by atoms with Gasteiger partial charge >= 0.3 is 5.97 Å². The zero-order chi connectivity index (χ0) is 11.8. The summed E-state index contributed by atoms with van der Waals surface area (Å²) in [6.45, 7) is 0. The van der Waals surface area contributed by atoms with E-state index in [1.54, 1.807) is 0 Å². The fourth-order valence-electron chi connectivity index (χ4n) is 2.03. The smallest absolute Gasteiger partial charge is 0.307 e. The topological polar surface area (TPSA) is 91.8 Å². The molecule has 2 atom stereocenters. The molecule has 1 heterocycles. The summed E-state index contributed by atoms with van der Waals surface area (Å²) in [7, 11) is 0. The molecule has 1 aromatic heterocycles. The van der Waals surface area contributed by atoms with Crippen molar-refractivity contribution < 1.29 is 9.90 Å². The number of carboxylic acid groups (broad SMARTS) is 1. The zero-order valence-corrected chi connectivity index (χ0v) is 8.87. The van der Waals surface area contributed by atoms with Crippen molar-refractivity contribution in [1.82, 2.24) is 20.6 Å². The summed E-state index contributed by atoms with van der Waals surface area (Å²) in [6.07, 6.45) is 0.713. The number of rotatable bonds is 3. The van der Waals surface area contributed by atoms with Gasteiger partial charge in [0.15, 0.2) is 0 Å². The van der Waals surface area contributed by atoms with Crippen LogP contribution < -0.4 is 0 Å². The van der Waals surface area contributed by atoms with Crippen molar-refractivity contribution in [1.29, 1.82) is 0 Å². The van der Waals surface area contributed by atoms with Crippen LogP contribution in [0.25, 0.3) is 11.4 Å². The van der Waals surface area contributed by atoms with Crippen LogP contribution in [-0.4, -0.2) is 31.7 Å². The Morgan fingerprint density at radius 2 is 2.35 bits per heavy atom. The average molecular weight is 230 g/mol. The van der Waals surface area contributed by atoms with E-state index in [4.69, 9.17) is 5.11 Å². The van der Waals surface area contributed by atoms with E-state index in [9.17, 15) is 4.79 Å². The van der Waals surface area contributed by atoms with Crippen LogP contribution in [0.3, 0.4) is 0 Å². The van der Waals surface area contributed by atoms with Crippen LogP contribution in [0.2, 0.25) is 0 Å². The van der Waals surface area contributed by atoms with E-state index in [1.165, 1.54) is 0 Å². The van der Waals surface area contributed by atoms with Gasteiger partial charge in [-0.05, 0) is 29.2 Å². The molecule has 0 radical (unpaired) electrons. The van der Waals surface area contributed by atoms with E-state index in [-0.39, 0.29) is 11.8 Å². The van der Waals surface area contributed by atoms with E-state index in [1.807, 2.05) is 24.3 Å². The molecule has 1 aliphatic rings. The minimum atomic E-state index is -0.722. The summed E-state index contributed by atoms with van der Waals surface area (Å²) in [5.41, 5.74) is 1.88. The number of carbonyl (C=O) groups is 1. The van der Waals surface area contributed by atoms with Gasteiger partial charge in [-0.2, -0.15) is 5.21 Å². The maximum absolute atomic E-state index is 10.8. The van der Waals surface area contributed by atoms with Gasteiger partial charge in [0.25, 0.3) is 0 Å². The summed E-state index contributed by atoms with van der Waals surface area (Å²) >= 11 is 0. The Hall–Kier alpha value is -2.24. The third-order valence-corrected chi connectivity index (χ3v) is 3.03. The maximum Gasteiger partial charge on any atom is 0.307 e. The van der Waals surface area contributed by atoms with Gasteiger partial charge in [-0.15, -0.1) is 10.2 Å². The van der Waals surface area contributed by atoms with Gasteiger partial charge in [-0.25, -0.2) is 0 Å². The summed E-state index contributed by atoms with van der Waals surface area (Å²) < 4.78 is 0. The van der Waals surface area contributed by atoms with Crippen LogP contribution in [0.1, 0.15) is 17.9 Å². The lowest BCUT2D eigenvalue weighted by molar-refractivity contribution is -0.138. The number of nitrogens with one attached hydrogen (secondary N) is 1. The van der Waals surface area contributed by atoms with Crippen molar-refractivity contribution in [3.05, 3.63) is 29.8 Å². The van der Waals surface area contributed by atoms with E-state index < -0.39 is 5.97 Å². The highest BCUT2D eigenvalue weighted by Crippen LogP contribution is 2.47. The summed E-state index contributed by atoms with van der Waals surface area (Å²) in [6, 6.07) is 7.64. The van der Waals surface area contributed by atoms with Crippen LogP contribution in [0.5, 0.6) is 0 Å². The first-order chi connectivity index (χ1) is 8.25. The molecule has 3 rings (SSSR count). The third kappa shape index (κ3) is 1.77. The van der Waals surface area contributed by atoms with Crippen LogP contribution in [0.15, 0.2) is 24.3 Å². The molecule has 0 aliphatic heterocycles. The van der Waals surface area contributed by atoms with Crippen LogP contribution in [0, 0.1) is 5.92 Å². The Labute approximate surface area is 96.7 Å². The number of aliphatic carboxylic acids is 1. The van der Waals surface area contributed by atoms with E-state index in [2.05, 4.69) is 20.6 Å². The maximum atomic E-state index is 10.8. The fraction of sp³-hybridized carbons (Fsp3) is 0.273. The molecule has 2 unspecified atom stereocenters. The fourth-order valence-corrected chi connectivity index (χ4v) is 2.03. The summed E-state index contributed by atoms with van der Waals surface area (Å²) in [5, 5.41) is 22.6. The monoisotopic (exact) mass is 230 g/mol. The summed E-state index contributed by atoms with van der Waals surface area (Å²) in [4.78, 5) is 10.8. The van der Waals surface area contributed by atoms with Gasteiger partial charge < -0.3 is 5.11 Å². The predicted octanol–water partition coefficient (Wildman–Crippen LogP) is 1.05. The molecule has 1 saturated carbocycles. The first-order valence-corrected chi connectivity index (χ1v) is 5.32. The molecule has 0 bridgehead atoms. The second-order valence-corrected chi connectivity index (χ2v) is 4.15. The van der Waals surface area contributed by atoms with Gasteiger partial charge in [-0.3, -0.25) is 4.79 Å². The molecule has 0 saturated heterocycles. The number of benzene rings is 1. The Kier molecular flexibility index (Phi) is 2.14. The Morgan fingerprint density at radius 3 is 3.00 bits per heavy atom. The number of nitrogens with zero attached hydrogens (tertiary/aromatic N) is 3. The number of aromatic nitrogens is 4. The Balaban J connectivity index is 1.88. The lowest BCUT2D eigenvalue weighted by Crippen LogP contribution is -1.98. The normalized spacial score (nSPS) is 22.4. The standard InChI is InChI=1S/C11H10N4O2/c16-11(17)9-5-8(9)6-2-1-3-7(4-6)10-12-14-15-13-10/h1-4,8-9H,5H2,(H,16,17)(H,12,13,14,15). The van der Waals surface area contributed by atoms with Crippen molar-refractivity contribution >= 4 is 5.97 Å². The van der Waals surface area contributed by atoms with Crippen LogP contribution >= 0.6 is 0 Å². The highest BCUT2D eigenvalue weighted by Gasteiger charge is 2.44. The van der Waals surface area contributed by atoms with Crippen molar-refractivity contribution in [3.63, 3.8) is 0 Å². The molecular formula is C11H10N4O2. The van der Waals surface area contributed by atoms with E-state index in [0.717, 1.165) is 11.1 Å². The Bertz CT molecular complexity index is 552. The van der Waals surface area contributed by atoms with Crippen molar-refractivity contribution in [3.8, 4) is 11.4 Å². The first-order valence-electron chi connectivity index (χ1n) is 5.32. The highest BCUT2D eigenvalue weighted by atomic mass is 16.4. The molecule has 6 nitrogen and oxygen atoms in total. The number of tetrazole rings is 1. The molecule has 1 fully saturated rings. The van der Waals surface area contributed by atoms with Crippen molar-refractivity contribution in [2.45, 2.75) is 12.3 Å². The predicted molar refractivity (Wildman–Crippen MR) is 58.1 cm³/mol. The van der Waals surface area contributed by atoms with Crippen LogP contribution in [-0.2, 0) is 4.79 Å². The quantitative estimate of drug-likeness (QED) is 0.822. The second-order valence-electron chi connectivity index (χ2n) is 4.15. The molecule has 1 aliphatic carbocycles. The van der Waals surface area contributed by atoms with Gasteiger partial charge in [-0.1, -0.05) is 18.2 Å². The number of carboxylic acids is 1. The first kappa shape index (κ1) is 9.95. The summed E-state index contributed by atoms with van der Waals surface area (Å²) in [5.74, 6) is -0.311. The van der Waals surface area contributed by atoms with Crippen molar-refractivity contribution in [2.75, 3.05) is 0 Å². The molecule has 86 valence electrons. The van der Waals surface area contributed by atoms with E-state index >= 15 is 0 Å². The van der Waals surface area contributed by atoms with E-state index in [0.29, 0.717) is 12.2 Å². The number of hydrogen-bond donors (Lipinski definition) is 2. The van der Waals surface area contributed by atoms with Crippen molar-refractivity contribution in [2.24, 2.45) is 5.92 Å². The number of hydrogen-bond acceptors (Lipinski definition) is 4. The lowest BCUT2D eigenvalue weighted by Gasteiger charge is -2.00. The lowest BCUT2D eigenvalue weighted by atomic mass is 10.1. The zero-order valence-electron chi connectivity index (χ0n) is 8.87. The van der Waals surface area contributed by atoms with Crippen LogP contribution in [0.4, 0.5) is 0 Å². The SMILES string of the molecule is O=C(O)C1CC1c1cccc(-c2nn[nH]n2)c1. The number of H-pyrrole nitrogens is 1. The molecule has 0 spiro atoms.